The summed E-state index contributed by atoms with van der Waals surface area (Å²) >= 11 is 0. The van der Waals surface area contributed by atoms with Gasteiger partial charge >= 0.3 is 0 Å². The third-order valence-electron chi connectivity index (χ3n) is 3.75. The fourth-order valence-electron chi connectivity index (χ4n) is 1.92. The van der Waals surface area contributed by atoms with Crippen LogP contribution in [0.2, 0.25) is 6.32 Å². The van der Waals surface area contributed by atoms with E-state index in [-0.39, 0.29) is 17.4 Å². The molecule has 0 fully saturated rings. The van der Waals surface area contributed by atoms with Gasteiger partial charge in [0.05, 0.1) is 22.0 Å². The minimum Gasteiger partial charge on any atom is -0.0881 e. The van der Waals surface area contributed by atoms with Crippen LogP contribution in [0.25, 0.3) is 0 Å². The van der Waals surface area contributed by atoms with E-state index in [1.807, 2.05) is 0 Å². The Morgan fingerprint density at radius 3 is 1.50 bits per heavy atom. The predicted molar refractivity (Wildman–Crippen MR) is 79.2 cm³/mol. The van der Waals surface area contributed by atoms with Crippen LogP contribution in [-0.4, -0.2) is 22.0 Å². The molecule has 4 heteroatoms. The van der Waals surface area contributed by atoms with E-state index in [0.717, 1.165) is 0 Å². The normalized spacial score (nSPS) is 15.4. The third kappa shape index (κ3) is 5.03. The molecule has 0 saturated heterocycles. The number of hydrogen-bond acceptors (Lipinski definition) is 0. The van der Waals surface area contributed by atoms with Gasteiger partial charge in [-0.3, -0.25) is 0 Å². The maximum Gasteiger partial charge on any atom is 0.0776 e. The van der Waals surface area contributed by atoms with Gasteiger partial charge < -0.3 is 0 Å². The van der Waals surface area contributed by atoms with Gasteiger partial charge in [0.1, 0.15) is 0 Å². The molecule has 0 aromatic heterocycles. The molecule has 0 radical (unpaired) electrons. The Morgan fingerprint density at radius 1 is 1.06 bits per heavy atom. The molecule has 0 atom stereocenters. The molecule has 0 nitrogen and oxygen atoms in total. The zero-order chi connectivity index (χ0) is 12.0. The van der Waals surface area contributed by atoms with Crippen LogP contribution < -0.4 is 0 Å². The second-order valence-corrected chi connectivity index (χ2v) is 4.69. The second kappa shape index (κ2) is 9.26. The first-order valence-corrected chi connectivity index (χ1v) is 6.32. The van der Waals surface area contributed by atoms with Gasteiger partial charge in [-0.2, -0.15) is 0 Å². The van der Waals surface area contributed by atoms with E-state index in [2.05, 4.69) is 49.3 Å². The molecule has 88 valence electrons. The summed E-state index contributed by atoms with van der Waals surface area (Å²) in [6.45, 7) is 13.4. The first-order chi connectivity index (χ1) is 6.97. The summed E-state index contributed by atoms with van der Waals surface area (Å²) in [5, 5.41) is 0. The Balaban J connectivity index is 0. The van der Waals surface area contributed by atoms with Crippen LogP contribution in [0, 0.1) is 5.92 Å². The number of rotatable bonds is 2. The Labute approximate surface area is 115 Å². The molecular weight excluding hydrogens is 229 g/mol. The summed E-state index contributed by atoms with van der Waals surface area (Å²) in [6, 6.07) is 0. The smallest absolute Gasteiger partial charge is 0.0776 e. The molecule has 0 aromatic carbocycles. The molecule has 1 aliphatic carbocycles. The Morgan fingerprint density at radius 2 is 1.44 bits per heavy atom. The Hall–Kier alpha value is 0.207. The van der Waals surface area contributed by atoms with Gasteiger partial charge in [-0.25, -0.2) is 0 Å². The van der Waals surface area contributed by atoms with Crippen molar-refractivity contribution in [1.82, 2.24) is 0 Å². The molecule has 1 rings (SSSR count). The van der Waals surface area contributed by atoms with Crippen molar-refractivity contribution in [2.75, 3.05) is 0 Å². The van der Waals surface area contributed by atoms with Crippen molar-refractivity contribution in [3.8, 4) is 0 Å². The SMILES string of the molecule is BBBCC.CC1=C(C)C(C)C(C)=C1C.[Cr]. The molecule has 0 bridgehead atoms. The topological polar surface area (TPSA) is 0 Å². The number of allylic oxidation sites excluding steroid dienone is 4. The minimum absolute atomic E-state index is 0. The first kappa shape index (κ1) is 18.6. The van der Waals surface area contributed by atoms with Crippen molar-refractivity contribution in [3.05, 3.63) is 22.3 Å². The van der Waals surface area contributed by atoms with Gasteiger partial charge in [-0.15, -0.1) is 0 Å². The maximum absolute atomic E-state index is 2.28. The summed E-state index contributed by atoms with van der Waals surface area (Å²) in [7, 11) is 4.94. The molecule has 0 aliphatic heterocycles. The van der Waals surface area contributed by atoms with Gasteiger partial charge in [0.25, 0.3) is 0 Å². The standard InChI is InChI=1S/C10H16.C2H9B3.Cr/c1-6-7(2)9(4)10(5)8(6)3;1-2-4-5-3;/h6H,1-5H3;4-5H,2-3H2,1H3;. The summed E-state index contributed by atoms with van der Waals surface area (Å²) in [5.41, 5.74) is 6.11. The van der Waals surface area contributed by atoms with Gasteiger partial charge in [0, 0.05) is 17.4 Å². The van der Waals surface area contributed by atoms with Crippen LogP contribution >= 0.6 is 0 Å². The zero-order valence-electron chi connectivity index (χ0n) is 12.1. The maximum atomic E-state index is 2.28. The molecular formula is C12H25B3Cr. The summed E-state index contributed by atoms with van der Waals surface area (Å²) in [5.74, 6) is 0.694. The van der Waals surface area contributed by atoms with Crippen LogP contribution in [0.1, 0.15) is 41.5 Å². The van der Waals surface area contributed by atoms with Crippen molar-refractivity contribution in [3.63, 3.8) is 0 Å². The average molecular weight is 254 g/mol. The molecule has 0 aromatic rings. The second-order valence-electron chi connectivity index (χ2n) is 4.69. The fraction of sp³-hybridized carbons (Fsp3) is 0.667. The van der Waals surface area contributed by atoms with E-state index in [9.17, 15) is 0 Å². The average Bonchev–Trinajstić information content (AvgIpc) is 2.39. The molecule has 0 N–H and O–H groups in total. The monoisotopic (exact) mass is 254 g/mol. The van der Waals surface area contributed by atoms with Gasteiger partial charge in [-0.1, -0.05) is 31.3 Å². The Kier molecular flexibility index (Phi) is 10.7. The van der Waals surface area contributed by atoms with Crippen LogP contribution in [0.3, 0.4) is 0 Å². The van der Waals surface area contributed by atoms with Gasteiger partial charge in [-0.05, 0) is 44.8 Å². The van der Waals surface area contributed by atoms with Crippen molar-refractivity contribution in [1.29, 1.82) is 0 Å². The Bertz CT molecular complexity index is 243. The molecule has 0 saturated carbocycles. The molecule has 16 heavy (non-hydrogen) atoms. The summed E-state index contributed by atoms with van der Waals surface area (Å²) in [4.78, 5) is 0. The molecule has 0 spiro atoms. The fourth-order valence-corrected chi connectivity index (χ4v) is 1.92. The summed E-state index contributed by atoms with van der Waals surface area (Å²) in [6.07, 6.45) is 1.34. The van der Waals surface area contributed by atoms with Crippen molar-refractivity contribution >= 4 is 22.0 Å². The van der Waals surface area contributed by atoms with Crippen LogP contribution in [0.5, 0.6) is 0 Å². The van der Waals surface area contributed by atoms with Crippen molar-refractivity contribution in [2.24, 2.45) is 5.92 Å². The van der Waals surface area contributed by atoms with E-state index in [1.165, 1.54) is 31.7 Å². The van der Waals surface area contributed by atoms with Crippen LogP contribution in [-0.2, 0) is 17.4 Å². The largest absolute Gasteiger partial charge is 0.0881 e. The van der Waals surface area contributed by atoms with Gasteiger partial charge in [0.2, 0.25) is 0 Å². The molecule has 0 amide bonds. The predicted octanol–water partition coefficient (Wildman–Crippen LogP) is 2.07. The first-order valence-electron chi connectivity index (χ1n) is 6.32. The van der Waals surface area contributed by atoms with Crippen LogP contribution in [0.4, 0.5) is 0 Å². The summed E-state index contributed by atoms with van der Waals surface area (Å²) < 4.78 is 0. The number of hydrogen-bond donors (Lipinski definition) is 0. The zero-order valence-corrected chi connectivity index (χ0v) is 13.4. The molecule has 0 unspecified atom stereocenters. The quantitative estimate of drug-likeness (QED) is 0.661. The van der Waals surface area contributed by atoms with E-state index in [1.54, 1.807) is 11.1 Å². The van der Waals surface area contributed by atoms with Crippen molar-refractivity contribution in [2.45, 2.75) is 47.9 Å². The molecule has 1 aliphatic rings. The van der Waals surface area contributed by atoms with E-state index in [0.29, 0.717) is 5.92 Å². The van der Waals surface area contributed by atoms with E-state index >= 15 is 0 Å². The van der Waals surface area contributed by atoms with E-state index < -0.39 is 0 Å². The minimum atomic E-state index is 0. The van der Waals surface area contributed by atoms with E-state index in [4.69, 9.17) is 0 Å². The van der Waals surface area contributed by atoms with Crippen LogP contribution in [0.15, 0.2) is 22.3 Å². The molecule has 0 heterocycles. The van der Waals surface area contributed by atoms with Crippen molar-refractivity contribution < 1.29 is 17.4 Å². The van der Waals surface area contributed by atoms with Gasteiger partial charge in [0.15, 0.2) is 0 Å². The third-order valence-corrected chi connectivity index (χ3v) is 3.75.